The third-order valence-electron chi connectivity index (χ3n) is 8.59. The molecule has 1 unspecified atom stereocenters. The summed E-state index contributed by atoms with van der Waals surface area (Å²) >= 11 is 0. The third-order valence-corrected chi connectivity index (χ3v) is 8.59. The van der Waals surface area contributed by atoms with Crippen LogP contribution in [-0.4, -0.2) is 43.2 Å². The molecule has 0 radical (unpaired) electrons. The highest BCUT2D eigenvalue weighted by Gasteiger charge is 2.44. The fourth-order valence-corrected chi connectivity index (χ4v) is 5.94. The molecule has 162 valence electrons. The number of fused-ring (bicyclic) bond motifs is 1. The van der Waals surface area contributed by atoms with Crippen LogP contribution in [0.15, 0.2) is 54.6 Å². The summed E-state index contributed by atoms with van der Waals surface area (Å²) in [5.74, 6) is 0.813. The molecule has 1 saturated heterocycles. The highest BCUT2D eigenvalue weighted by molar-refractivity contribution is 5.49. The maximum Gasteiger partial charge on any atom is 0.0959 e. The highest BCUT2D eigenvalue weighted by atomic mass is 15.4. The van der Waals surface area contributed by atoms with Gasteiger partial charge in [0.1, 0.15) is 0 Å². The predicted molar refractivity (Wildman–Crippen MR) is 129 cm³/mol. The van der Waals surface area contributed by atoms with Gasteiger partial charge >= 0.3 is 0 Å². The van der Waals surface area contributed by atoms with Gasteiger partial charge in [-0.05, 0) is 82.1 Å². The molecule has 0 spiro atoms. The second kappa shape index (κ2) is 8.75. The Labute approximate surface area is 184 Å². The molecular formula is C28H41N2+. The first kappa shape index (κ1) is 21.4. The number of hydrogen-bond donors (Lipinski definition) is 0. The number of nitrogens with zero attached hydrogens (tertiary/aromatic N) is 2. The number of quaternary nitrogens is 1. The number of hydrogen-bond acceptors (Lipinski definition) is 1. The summed E-state index contributed by atoms with van der Waals surface area (Å²) in [5.41, 5.74) is 4.85. The van der Waals surface area contributed by atoms with E-state index in [0.717, 1.165) is 10.4 Å². The Hall–Kier alpha value is -1.80. The van der Waals surface area contributed by atoms with Gasteiger partial charge in [0.05, 0.1) is 26.2 Å². The van der Waals surface area contributed by atoms with Crippen LogP contribution in [0.4, 0.5) is 5.69 Å². The van der Waals surface area contributed by atoms with Crippen molar-refractivity contribution in [1.29, 1.82) is 0 Å². The fourth-order valence-electron chi connectivity index (χ4n) is 5.94. The molecule has 2 aromatic carbocycles. The number of benzene rings is 2. The van der Waals surface area contributed by atoms with Gasteiger partial charge in [0.15, 0.2) is 0 Å². The van der Waals surface area contributed by atoms with Crippen LogP contribution in [0.25, 0.3) is 0 Å². The maximum atomic E-state index is 2.71. The summed E-state index contributed by atoms with van der Waals surface area (Å²) in [6.45, 7) is 7.53. The van der Waals surface area contributed by atoms with E-state index < -0.39 is 0 Å². The zero-order valence-electron chi connectivity index (χ0n) is 19.6. The summed E-state index contributed by atoms with van der Waals surface area (Å²) in [5, 5.41) is 0. The number of likely N-dealkylation sites (tertiary alicyclic amines) is 1. The van der Waals surface area contributed by atoms with E-state index in [1.54, 1.807) is 11.1 Å². The van der Waals surface area contributed by atoms with Crippen LogP contribution < -0.4 is 4.90 Å². The first-order valence-electron chi connectivity index (χ1n) is 12.1. The molecule has 2 heteroatoms. The third kappa shape index (κ3) is 4.30. The minimum atomic E-state index is 0.359. The van der Waals surface area contributed by atoms with Crippen molar-refractivity contribution in [3.63, 3.8) is 0 Å². The first-order chi connectivity index (χ1) is 14.4. The molecule has 30 heavy (non-hydrogen) atoms. The van der Waals surface area contributed by atoms with Crippen molar-refractivity contribution in [2.24, 2.45) is 5.92 Å². The summed E-state index contributed by atoms with van der Waals surface area (Å²) < 4.78 is 1.16. The quantitative estimate of drug-likeness (QED) is 0.525. The van der Waals surface area contributed by atoms with Crippen molar-refractivity contribution < 1.29 is 4.48 Å². The van der Waals surface area contributed by atoms with Crippen LogP contribution in [0.1, 0.15) is 57.1 Å². The molecule has 2 aliphatic rings. The van der Waals surface area contributed by atoms with Crippen LogP contribution in [0, 0.1) is 5.92 Å². The molecule has 1 atom stereocenters. The van der Waals surface area contributed by atoms with E-state index >= 15 is 0 Å². The van der Waals surface area contributed by atoms with Crippen molar-refractivity contribution >= 4 is 5.69 Å². The molecular weight excluding hydrogens is 364 g/mol. The number of para-hydroxylation sites is 1. The Bertz CT molecular complexity index is 799. The lowest BCUT2D eigenvalue weighted by atomic mass is 9.79. The van der Waals surface area contributed by atoms with Crippen LogP contribution in [0.2, 0.25) is 0 Å². The zero-order chi connectivity index (χ0) is 21.2. The maximum absolute atomic E-state index is 2.71. The van der Waals surface area contributed by atoms with Gasteiger partial charge in [-0.2, -0.15) is 0 Å². The fraction of sp³-hybridized carbons (Fsp3) is 0.571. The standard InChI is InChI=1S/C28H41N2/c1-28(2)25(15-10-11-20-30(28,3)4)16-12-19-29(26-17-6-5-7-18-26)27-21-23-13-8-9-14-24(23)22-27/h5-9,13-14,17-18,25,27H,10-12,15-16,19-22H2,1-4H3/q+1. The average Bonchev–Trinajstić information content (AvgIpc) is 3.12. The Kier molecular flexibility index (Phi) is 6.25. The van der Waals surface area contributed by atoms with Gasteiger partial charge in [-0.1, -0.05) is 42.5 Å². The van der Waals surface area contributed by atoms with E-state index in [2.05, 4.69) is 87.4 Å². The second-order valence-electron chi connectivity index (χ2n) is 10.8. The Morgan fingerprint density at radius 3 is 2.20 bits per heavy atom. The van der Waals surface area contributed by atoms with Crippen LogP contribution in [0.5, 0.6) is 0 Å². The average molecular weight is 406 g/mol. The summed E-state index contributed by atoms with van der Waals surface area (Å²) in [4.78, 5) is 2.71. The molecule has 0 amide bonds. The molecule has 1 heterocycles. The predicted octanol–water partition coefficient (Wildman–Crippen LogP) is 6.10. The number of rotatable bonds is 6. The Morgan fingerprint density at radius 1 is 0.900 bits per heavy atom. The lowest BCUT2D eigenvalue weighted by molar-refractivity contribution is -0.941. The first-order valence-corrected chi connectivity index (χ1v) is 12.1. The van der Waals surface area contributed by atoms with Gasteiger partial charge in [0, 0.05) is 24.2 Å². The second-order valence-corrected chi connectivity index (χ2v) is 10.8. The molecule has 0 aromatic heterocycles. The van der Waals surface area contributed by atoms with Crippen molar-refractivity contribution in [2.75, 3.05) is 32.1 Å². The van der Waals surface area contributed by atoms with Crippen LogP contribution in [0.3, 0.4) is 0 Å². The largest absolute Gasteiger partial charge is 0.368 e. The van der Waals surface area contributed by atoms with Gasteiger partial charge in [-0.15, -0.1) is 0 Å². The molecule has 2 nitrogen and oxygen atoms in total. The lowest BCUT2D eigenvalue weighted by Crippen LogP contribution is -2.59. The molecule has 1 fully saturated rings. The van der Waals surface area contributed by atoms with E-state index in [1.807, 2.05) is 0 Å². The molecule has 0 saturated carbocycles. The van der Waals surface area contributed by atoms with Crippen molar-refractivity contribution in [3.8, 4) is 0 Å². The van der Waals surface area contributed by atoms with Gasteiger partial charge in [0.25, 0.3) is 0 Å². The summed E-state index contributed by atoms with van der Waals surface area (Å²) in [6.07, 6.45) is 9.18. The van der Waals surface area contributed by atoms with Gasteiger partial charge in [0.2, 0.25) is 0 Å². The lowest BCUT2D eigenvalue weighted by Gasteiger charge is -2.47. The van der Waals surface area contributed by atoms with E-state index in [1.165, 1.54) is 63.7 Å². The van der Waals surface area contributed by atoms with Gasteiger partial charge < -0.3 is 9.38 Å². The highest BCUT2D eigenvalue weighted by Crippen LogP contribution is 2.39. The Balaban J connectivity index is 1.46. The molecule has 1 aliphatic carbocycles. The van der Waals surface area contributed by atoms with E-state index in [9.17, 15) is 0 Å². The smallest absolute Gasteiger partial charge is 0.0959 e. The topological polar surface area (TPSA) is 3.24 Å². The van der Waals surface area contributed by atoms with Gasteiger partial charge in [-0.3, -0.25) is 0 Å². The molecule has 2 aromatic rings. The summed E-state index contributed by atoms with van der Waals surface area (Å²) in [6, 6.07) is 20.8. The molecule has 1 aliphatic heterocycles. The minimum absolute atomic E-state index is 0.359. The number of anilines is 1. The van der Waals surface area contributed by atoms with E-state index in [4.69, 9.17) is 0 Å². The van der Waals surface area contributed by atoms with Crippen molar-refractivity contribution in [3.05, 3.63) is 65.7 Å². The minimum Gasteiger partial charge on any atom is -0.368 e. The molecule has 0 bridgehead atoms. The van der Waals surface area contributed by atoms with E-state index in [0.29, 0.717) is 11.6 Å². The van der Waals surface area contributed by atoms with Crippen LogP contribution in [-0.2, 0) is 12.8 Å². The van der Waals surface area contributed by atoms with Crippen LogP contribution >= 0.6 is 0 Å². The van der Waals surface area contributed by atoms with E-state index in [-0.39, 0.29) is 0 Å². The molecule has 4 rings (SSSR count). The van der Waals surface area contributed by atoms with Crippen molar-refractivity contribution in [1.82, 2.24) is 0 Å². The van der Waals surface area contributed by atoms with Crippen molar-refractivity contribution in [2.45, 2.75) is 70.4 Å². The normalized spacial score (nSPS) is 23.0. The summed E-state index contributed by atoms with van der Waals surface area (Å²) in [7, 11) is 4.90. The monoisotopic (exact) mass is 405 g/mol. The Morgan fingerprint density at radius 2 is 1.53 bits per heavy atom. The zero-order valence-corrected chi connectivity index (χ0v) is 19.6. The van der Waals surface area contributed by atoms with Gasteiger partial charge in [-0.25, -0.2) is 0 Å². The SMILES string of the molecule is CC1(C)C(CCCN(c2ccccc2)C2Cc3ccccc3C2)CCCC[N+]1(C)C. The molecule has 0 N–H and O–H groups in total.